The van der Waals surface area contributed by atoms with Crippen LogP contribution in [0.3, 0.4) is 0 Å². The summed E-state index contributed by atoms with van der Waals surface area (Å²) in [6.07, 6.45) is 1.82. The molecule has 2 heterocycles. The van der Waals surface area contributed by atoms with E-state index in [2.05, 4.69) is 0 Å². The third-order valence-corrected chi connectivity index (χ3v) is 6.89. The number of halogens is 1. The zero-order chi connectivity index (χ0) is 15.6. The van der Waals surface area contributed by atoms with E-state index in [-0.39, 0.29) is 20.2 Å². The fourth-order valence-corrected chi connectivity index (χ4v) is 5.28. The van der Waals surface area contributed by atoms with Crippen molar-refractivity contribution in [2.75, 3.05) is 26.8 Å². The Balaban J connectivity index is 2.16. The molecule has 1 aliphatic rings. The molecule has 0 amide bonds. The molecule has 1 aromatic rings. The number of ether oxygens (including phenoxy) is 1. The quantitative estimate of drug-likeness (QED) is 0.598. The van der Waals surface area contributed by atoms with E-state index in [1.165, 1.54) is 11.4 Å². The lowest BCUT2D eigenvalue weighted by molar-refractivity contribution is -0.384. The molecule has 0 bridgehead atoms. The van der Waals surface area contributed by atoms with Crippen LogP contribution >= 0.6 is 22.9 Å². The molecule has 10 heteroatoms. The predicted octanol–water partition coefficient (Wildman–Crippen LogP) is 2.36. The van der Waals surface area contributed by atoms with E-state index in [0.717, 1.165) is 18.9 Å². The molecule has 0 aromatic carbocycles. The molecule has 1 atom stereocenters. The third kappa shape index (κ3) is 3.72. The van der Waals surface area contributed by atoms with Crippen molar-refractivity contribution >= 4 is 38.6 Å². The highest BCUT2D eigenvalue weighted by Gasteiger charge is 2.30. The first-order valence-electron chi connectivity index (χ1n) is 6.30. The third-order valence-electron chi connectivity index (χ3n) is 3.28. The van der Waals surface area contributed by atoms with Gasteiger partial charge in [-0.05, 0) is 18.8 Å². The van der Waals surface area contributed by atoms with Crippen molar-refractivity contribution in [3.05, 3.63) is 20.5 Å². The molecule has 1 aliphatic heterocycles. The van der Waals surface area contributed by atoms with Crippen LogP contribution in [0, 0.1) is 16.0 Å². The van der Waals surface area contributed by atoms with Gasteiger partial charge in [0, 0.05) is 26.3 Å². The predicted molar refractivity (Wildman–Crippen MR) is 79.3 cm³/mol. The van der Waals surface area contributed by atoms with Crippen molar-refractivity contribution in [2.24, 2.45) is 5.92 Å². The van der Waals surface area contributed by atoms with Crippen LogP contribution in [-0.4, -0.2) is 44.5 Å². The summed E-state index contributed by atoms with van der Waals surface area (Å²) >= 11 is 6.42. The zero-order valence-electron chi connectivity index (χ0n) is 11.3. The molecule has 21 heavy (non-hydrogen) atoms. The Morgan fingerprint density at radius 2 is 2.33 bits per heavy atom. The molecule has 118 valence electrons. The molecule has 1 unspecified atom stereocenters. The largest absolute Gasteiger partial charge is 0.381 e. The molecule has 1 saturated heterocycles. The van der Waals surface area contributed by atoms with Gasteiger partial charge in [-0.15, -0.1) is 11.3 Å². The fourth-order valence-electron chi connectivity index (χ4n) is 2.16. The SMILES string of the molecule is CN(CC1CCCOC1)S(=O)(=O)c1cc([N+](=O)[O-])c(Cl)s1. The van der Waals surface area contributed by atoms with Crippen LogP contribution in [-0.2, 0) is 14.8 Å². The number of nitrogens with zero attached hydrogens (tertiary/aromatic N) is 2. The van der Waals surface area contributed by atoms with Crippen molar-refractivity contribution < 1.29 is 18.1 Å². The first-order chi connectivity index (χ1) is 9.82. The Kier molecular flexibility index (Phi) is 5.20. The number of nitro groups is 1. The van der Waals surface area contributed by atoms with Crippen molar-refractivity contribution in [3.8, 4) is 0 Å². The molecule has 2 rings (SSSR count). The highest BCUT2D eigenvalue weighted by molar-refractivity contribution is 7.91. The van der Waals surface area contributed by atoms with Crippen LogP contribution < -0.4 is 0 Å². The van der Waals surface area contributed by atoms with Crippen LogP contribution in [0.1, 0.15) is 12.8 Å². The molecular formula is C11H15ClN2O5S2. The number of rotatable bonds is 5. The summed E-state index contributed by atoms with van der Waals surface area (Å²) < 4.78 is 31.1. The maximum absolute atomic E-state index is 12.4. The van der Waals surface area contributed by atoms with E-state index in [4.69, 9.17) is 16.3 Å². The van der Waals surface area contributed by atoms with Gasteiger partial charge in [0.25, 0.3) is 15.7 Å². The van der Waals surface area contributed by atoms with E-state index in [9.17, 15) is 18.5 Å². The highest BCUT2D eigenvalue weighted by Crippen LogP contribution is 2.37. The van der Waals surface area contributed by atoms with Gasteiger partial charge in [0.2, 0.25) is 0 Å². The second kappa shape index (κ2) is 6.57. The van der Waals surface area contributed by atoms with Crippen LogP contribution in [0.15, 0.2) is 10.3 Å². The average molecular weight is 355 g/mol. The van der Waals surface area contributed by atoms with Gasteiger partial charge in [-0.1, -0.05) is 11.6 Å². The maximum atomic E-state index is 12.4. The summed E-state index contributed by atoms with van der Waals surface area (Å²) in [6, 6.07) is 1.01. The van der Waals surface area contributed by atoms with E-state index >= 15 is 0 Å². The van der Waals surface area contributed by atoms with E-state index in [1.807, 2.05) is 0 Å². The van der Waals surface area contributed by atoms with Crippen molar-refractivity contribution in [1.82, 2.24) is 4.31 Å². The molecule has 0 radical (unpaired) electrons. The van der Waals surface area contributed by atoms with Gasteiger partial charge in [0.1, 0.15) is 4.21 Å². The molecule has 1 aromatic heterocycles. The van der Waals surface area contributed by atoms with Crippen LogP contribution in [0.25, 0.3) is 0 Å². The van der Waals surface area contributed by atoms with Gasteiger partial charge in [-0.25, -0.2) is 8.42 Å². The molecule has 0 aliphatic carbocycles. The molecule has 7 nitrogen and oxygen atoms in total. The first-order valence-corrected chi connectivity index (χ1v) is 8.93. The van der Waals surface area contributed by atoms with Crippen molar-refractivity contribution in [2.45, 2.75) is 17.1 Å². The number of thiophene rings is 1. The summed E-state index contributed by atoms with van der Waals surface area (Å²) in [5.74, 6) is 0.143. The lowest BCUT2D eigenvalue weighted by Crippen LogP contribution is -2.34. The Hall–Kier alpha value is -0.740. The van der Waals surface area contributed by atoms with Gasteiger partial charge in [-0.2, -0.15) is 4.31 Å². The minimum absolute atomic E-state index is 0.113. The Bertz CT molecular complexity index is 625. The Labute approximate surface area is 131 Å². The second-order valence-corrected chi connectivity index (χ2v) is 8.78. The van der Waals surface area contributed by atoms with Gasteiger partial charge in [0.05, 0.1) is 11.5 Å². The van der Waals surface area contributed by atoms with Crippen LogP contribution in [0.5, 0.6) is 0 Å². The highest BCUT2D eigenvalue weighted by atomic mass is 35.5. The molecule has 0 N–H and O–H groups in total. The Morgan fingerprint density at radius 1 is 1.62 bits per heavy atom. The summed E-state index contributed by atoms with van der Waals surface area (Å²) in [6.45, 7) is 1.57. The molecular weight excluding hydrogens is 340 g/mol. The lowest BCUT2D eigenvalue weighted by atomic mass is 10.0. The minimum atomic E-state index is -3.77. The molecule has 1 fully saturated rings. The van der Waals surface area contributed by atoms with Crippen molar-refractivity contribution in [1.29, 1.82) is 0 Å². The average Bonchev–Trinajstić information content (AvgIpc) is 2.82. The maximum Gasteiger partial charge on any atom is 0.300 e. The second-order valence-electron chi connectivity index (χ2n) is 4.85. The van der Waals surface area contributed by atoms with Gasteiger partial charge < -0.3 is 4.74 Å². The first kappa shape index (κ1) is 16.6. The van der Waals surface area contributed by atoms with Crippen LogP contribution in [0.4, 0.5) is 5.69 Å². The van der Waals surface area contributed by atoms with E-state index in [0.29, 0.717) is 31.1 Å². The van der Waals surface area contributed by atoms with Crippen molar-refractivity contribution in [3.63, 3.8) is 0 Å². The van der Waals surface area contributed by atoms with E-state index < -0.39 is 14.9 Å². The van der Waals surface area contributed by atoms with Gasteiger partial charge in [0.15, 0.2) is 4.34 Å². The zero-order valence-corrected chi connectivity index (χ0v) is 13.7. The smallest absolute Gasteiger partial charge is 0.300 e. The normalized spacial score (nSPS) is 19.9. The van der Waals surface area contributed by atoms with Gasteiger partial charge >= 0.3 is 0 Å². The van der Waals surface area contributed by atoms with Gasteiger partial charge in [-0.3, -0.25) is 10.1 Å². The summed E-state index contributed by atoms with van der Waals surface area (Å²) in [5.41, 5.74) is -0.380. The monoisotopic (exact) mass is 354 g/mol. The number of hydrogen-bond acceptors (Lipinski definition) is 6. The topological polar surface area (TPSA) is 89.8 Å². The standard InChI is InChI=1S/C11H15ClN2O5S2/c1-13(6-8-3-2-4-19-7-8)21(17,18)10-5-9(14(15)16)11(12)20-10/h5,8H,2-4,6-7H2,1H3. The number of hydrogen-bond donors (Lipinski definition) is 0. The van der Waals surface area contributed by atoms with Crippen LogP contribution in [0.2, 0.25) is 4.34 Å². The fraction of sp³-hybridized carbons (Fsp3) is 0.636. The summed E-state index contributed by atoms with van der Waals surface area (Å²) in [5, 5.41) is 10.8. The Morgan fingerprint density at radius 3 is 2.86 bits per heavy atom. The molecule has 0 spiro atoms. The number of sulfonamides is 1. The minimum Gasteiger partial charge on any atom is -0.381 e. The van der Waals surface area contributed by atoms with E-state index in [1.54, 1.807) is 0 Å². The lowest BCUT2D eigenvalue weighted by Gasteiger charge is -2.26. The summed E-state index contributed by atoms with van der Waals surface area (Å²) in [4.78, 5) is 10.1. The molecule has 0 saturated carbocycles. The summed E-state index contributed by atoms with van der Waals surface area (Å²) in [7, 11) is -2.30.